The van der Waals surface area contributed by atoms with Crippen molar-refractivity contribution in [3.8, 4) is 33.6 Å². The van der Waals surface area contributed by atoms with Gasteiger partial charge in [-0.3, -0.25) is 9.80 Å². The second kappa shape index (κ2) is 13.4. The van der Waals surface area contributed by atoms with E-state index in [1.807, 2.05) is 51.2 Å². The van der Waals surface area contributed by atoms with Crippen molar-refractivity contribution in [2.24, 2.45) is 11.7 Å². The van der Waals surface area contributed by atoms with E-state index in [-0.39, 0.29) is 25.1 Å². The SMILES string of the molecule is CC(C)(C)OC(=O)N1CCCC1c1ncc(-c2ccc3cc(-c4ccc(-c5cnc(C6CC(C(N)S(C)(=O)=O)CN6C(=O)O)[nH]5)cc4)ccc3c2)[nH]1. The first-order chi connectivity index (χ1) is 24.6. The molecule has 5 aromatic rings. The molecule has 2 aromatic heterocycles. The molecule has 0 radical (unpaired) electrons. The van der Waals surface area contributed by atoms with Gasteiger partial charge in [0, 0.05) is 30.8 Å². The number of benzene rings is 3. The number of rotatable bonds is 7. The number of carbonyl (C=O) groups is 2. The predicted molar refractivity (Wildman–Crippen MR) is 198 cm³/mol. The van der Waals surface area contributed by atoms with Crippen LogP contribution in [0.1, 0.15) is 63.8 Å². The zero-order chi connectivity index (χ0) is 36.9. The molecule has 0 aliphatic carbocycles. The summed E-state index contributed by atoms with van der Waals surface area (Å²) in [7, 11) is -3.53. The first-order valence-corrected chi connectivity index (χ1v) is 19.3. The van der Waals surface area contributed by atoms with Crippen molar-refractivity contribution >= 4 is 32.8 Å². The van der Waals surface area contributed by atoms with Crippen LogP contribution in [-0.4, -0.2) is 85.8 Å². The van der Waals surface area contributed by atoms with Crippen molar-refractivity contribution in [1.29, 1.82) is 0 Å². The standard InChI is InChI=1S/C38H43N7O6S/c1-38(2,3)51-37(48)44-15-5-6-31(44)34-40-20-30(43-34)27-14-13-25-16-24(11-12-26(25)17-27)22-7-9-23(10-8-22)29-19-41-35(42-29)32-18-28(21-45(32)36(46)47)33(39)52(4,49)50/h7-14,16-17,19-20,28,31-33H,5-6,15,18,21,39H2,1-4H3,(H,40,43)(H,41,42)(H,46,47). The van der Waals surface area contributed by atoms with Crippen LogP contribution in [0.3, 0.4) is 0 Å². The molecule has 2 saturated heterocycles. The van der Waals surface area contributed by atoms with Gasteiger partial charge in [-0.2, -0.15) is 0 Å². The molecule has 4 unspecified atom stereocenters. The van der Waals surface area contributed by atoms with Gasteiger partial charge < -0.3 is 25.5 Å². The lowest BCUT2D eigenvalue weighted by atomic mass is 9.98. The van der Waals surface area contributed by atoms with E-state index in [1.54, 1.807) is 11.1 Å². The average Bonchev–Trinajstić information content (AvgIpc) is 3.92. The molecule has 2 aliphatic rings. The maximum atomic E-state index is 12.8. The molecule has 0 bridgehead atoms. The minimum atomic E-state index is -3.53. The van der Waals surface area contributed by atoms with Gasteiger partial charge in [-0.1, -0.05) is 48.5 Å². The molecule has 13 nitrogen and oxygen atoms in total. The van der Waals surface area contributed by atoms with Gasteiger partial charge >= 0.3 is 12.2 Å². The number of nitrogens with zero attached hydrogens (tertiary/aromatic N) is 4. The molecule has 4 atom stereocenters. The third-order valence-electron chi connectivity index (χ3n) is 9.92. The summed E-state index contributed by atoms with van der Waals surface area (Å²) < 4.78 is 29.7. The van der Waals surface area contributed by atoms with Crippen LogP contribution in [0, 0.1) is 5.92 Å². The van der Waals surface area contributed by atoms with Gasteiger partial charge in [0.05, 0.1) is 35.9 Å². The smallest absolute Gasteiger partial charge is 0.410 e. The van der Waals surface area contributed by atoms with E-state index in [0.29, 0.717) is 12.4 Å². The van der Waals surface area contributed by atoms with Crippen molar-refractivity contribution < 1.29 is 27.9 Å². The number of imidazole rings is 2. The summed E-state index contributed by atoms with van der Waals surface area (Å²) in [5.74, 6) is 0.676. The summed E-state index contributed by atoms with van der Waals surface area (Å²) in [6.07, 6.45) is 5.06. The molecule has 7 rings (SSSR count). The van der Waals surface area contributed by atoms with Crippen LogP contribution in [-0.2, 0) is 14.6 Å². The Hall–Kier alpha value is -5.21. The van der Waals surface area contributed by atoms with E-state index >= 15 is 0 Å². The molecule has 0 saturated carbocycles. The quantitative estimate of drug-likeness (QED) is 0.141. The van der Waals surface area contributed by atoms with Crippen LogP contribution < -0.4 is 5.73 Å². The van der Waals surface area contributed by atoms with Crippen molar-refractivity contribution in [1.82, 2.24) is 29.7 Å². The second-order valence-corrected chi connectivity index (χ2v) is 17.0. The number of likely N-dealkylation sites (tertiary alicyclic amines) is 2. The van der Waals surface area contributed by atoms with Crippen LogP contribution in [0.15, 0.2) is 73.1 Å². The highest BCUT2D eigenvalue weighted by Gasteiger charge is 2.43. The minimum Gasteiger partial charge on any atom is -0.465 e. The van der Waals surface area contributed by atoms with E-state index < -0.39 is 38.9 Å². The average molecular weight is 726 g/mol. The number of nitrogens with two attached hydrogens (primary N) is 1. The predicted octanol–water partition coefficient (Wildman–Crippen LogP) is 6.73. The molecule has 2 aliphatic heterocycles. The molecule has 3 aromatic carbocycles. The third kappa shape index (κ3) is 7.13. The number of nitrogens with one attached hydrogen (secondary N) is 2. The Morgan fingerprint density at radius 1 is 0.865 bits per heavy atom. The van der Waals surface area contributed by atoms with Gasteiger partial charge in [-0.05, 0) is 79.6 Å². The van der Waals surface area contributed by atoms with Gasteiger partial charge in [-0.25, -0.2) is 28.0 Å². The highest BCUT2D eigenvalue weighted by Crippen LogP contribution is 2.38. The fourth-order valence-corrected chi connectivity index (χ4v) is 8.15. The van der Waals surface area contributed by atoms with E-state index in [4.69, 9.17) is 10.5 Å². The van der Waals surface area contributed by atoms with E-state index in [9.17, 15) is 23.1 Å². The second-order valence-electron chi connectivity index (χ2n) is 14.8. The van der Waals surface area contributed by atoms with Crippen LogP contribution in [0.5, 0.6) is 0 Å². The molecule has 0 spiro atoms. The zero-order valence-electron chi connectivity index (χ0n) is 29.5. The van der Waals surface area contributed by atoms with Crippen molar-refractivity contribution in [2.45, 2.75) is 63.1 Å². The number of sulfone groups is 1. The largest absolute Gasteiger partial charge is 0.465 e. The lowest BCUT2D eigenvalue weighted by Gasteiger charge is -2.27. The van der Waals surface area contributed by atoms with Crippen molar-refractivity contribution in [3.05, 3.63) is 84.7 Å². The fourth-order valence-electron chi connectivity index (χ4n) is 7.26. The topological polar surface area (TPSA) is 188 Å². The molecular weight excluding hydrogens is 683 g/mol. The lowest BCUT2D eigenvalue weighted by Crippen LogP contribution is -2.39. The third-order valence-corrected chi connectivity index (χ3v) is 11.3. The minimum absolute atomic E-state index is 0.0206. The Balaban J connectivity index is 1.05. The normalized spacial score (nSPS) is 20.1. The zero-order valence-corrected chi connectivity index (χ0v) is 30.4. The maximum Gasteiger partial charge on any atom is 0.410 e. The molecule has 272 valence electrons. The number of aromatic nitrogens is 4. The Kier molecular flexibility index (Phi) is 9.07. The van der Waals surface area contributed by atoms with Crippen molar-refractivity contribution in [3.63, 3.8) is 0 Å². The molecule has 14 heteroatoms. The number of H-pyrrole nitrogens is 2. The highest BCUT2D eigenvalue weighted by atomic mass is 32.2. The summed E-state index contributed by atoms with van der Waals surface area (Å²) >= 11 is 0. The van der Waals surface area contributed by atoms with Gasteiger partial charge in [0.1, 0.15) is 22.6 Å². The van der Waals surface area contributed by atoms with E-state index in [1.165, 1.54) is 4.90 Å². The Morgan fingerprint density at radius 3 is 2.04 bits per heavy atom. The number of ether oxygens (including phenoxy) is 1. The summed E-state index contributed by atoms with van der Waals surface area (Å²) in [5, 5.41) is 10.8. The van der Waals surface area contributed by atoms with Crippen LogP contribution in [0.25, 0.3) is 44.4 Å². The summed E-state index contributed by atoms with van der Waals surface area (Å²) in [5.41, 5.74) is 11.0. The molecule has 4 heterocycles. The van der Waals surface area contributed by atoms with E-state index in [2.05, 4.69) is 56.3 Å². The van der Waals surface area contributed by atoms with Gasteiger partial charge in [0.2, 0.25) is 0 Å². The maximum absolute atomic E-state index is 12.8. The number of amides is 2. The Morgan fingerprint density at radius 2 is 1.42 bits per heavy atom. The number of carbonyl (C=O) groups excluding carboxylic acids is 1. The lowest BCUT2D eigenvalue weighted by molar-refractivity contribution is 0.0218. The summed E-state index contributed by atoms with van der Waals surface area (Å²) in [6, 6.07) is 19.9. The van der Waals surface area contributed by atoms with Gasteiger partial charge in [-0.15, -0.1) is 0 Å². The first kappa shape index (κ1) is 35.2. The molecule has 2 amide bonds. The monoisotopic (exact) mass is 725 g/mol. The molecular formula is C38H43N7O6S. The van der Waals surface area contributed by atoms with Crippen LogP contribution in [0.2, 0.25) is 0 Å². The summed E-state index contributed by atoms with van der Waals surface area (Å²) in [6.45, 7) is 6.27. The van der Waals surface area contributed by atoms with Crippen molar-refractivity contribution in [2.75, 3.05) is 19.3 Å². The molecule has 5 N–H and O–H groups in total. The first-order valence-electron chi connectivity index (χ1n) is 17.3. The summed E-state index contributed by atoms with van der Waals surface area (Å²) in [4.78, 5) is 43.6. The Bertz CT molecular complexity index is 2240. The highest BCUT2D eigenvalue weighted by molar-refractivity contribution is 7.91. The number of hydrogen-bond donors (Lipinski definition) is 4. The Labute approximate surface area is 302 Å². The number of aromatic amines is 2. The fraction of sp³-hybridized carbons (Fsp3) is 0.368. The van der Waals surface area contributed by atoms with Gasteiger partial charge in [0.15, 0.2) is 9.84 Å². The number of carboxylic acid groups (broad SMARTS) is 1. The van der Waals surface area contributed by atoms with Crippen LogP contribution >= 0.6 is 0 Å². The van der Waals surface area contributed by atoms with E-state index in [0.717, 1.165) is 69.3 Å². The van der Waals surface area contributed by atoms with Gasteiger partial charge in [0.25, 0.3) is 0 Å². The van der Waals surface area contributed by atoms with Crippen LogP contribution in [0.4, 0.5) is 9.59 Å². The molecule has 52 heavy (non-hydrogen) atoms. The number of fused-ring (bicyclic) bond motifs is 1. The molecule has 2 fully saturated rings. The number of hydrogen-bond acceptors (Lipinski definition) is 8.